The third kappa shape index (κ3) is 5.70. The molecular formula is C18H27ClN2O2. The van der Waals surface area contributed by atoms with Gasteiger partial charge >= 0.3 is 0 Å². The van der Waals surface area contributed by atoms with E-state index in [9.17, 15) is 4.79 Å². The van der Waals surface area contributed by atoms with Gasteiger partial charge in [-0.1, -0.05) is 30.7 Å². The maximum Gasteiger partial charge on any atom is 0.222 e. The van der Waals surface area contributed by atoms with Crippen LogP contribution >= 0.6 is 11.6 Å². The molecule has 1 aliphatic rings. The lowest BCUT2D eigenvalue weighted by molar-refractivity contribution is -0.131. The predicted molar refractivity (Wildman–Crippen MR) is 94.0 cm³/mol. The highest BCUT2D eigenvalue weighted by Gasteiger charge is 2.23. The molecule has 0 bridgehead atoms. The van der Waals surface area contributed by atoms with E-state index in [2.05, 4.69) is 12.2 Å². The Kier molecular flexibility index (Phi) is 7.18. The first-order chi connectivity index (χ1) is 11.1. The van der Waals surface area contributed by atoms with Crippen molar-refractivity contribution >= 4 is 17.5 Å². The number of nitrogens with zero attached hydrogens (tertiary/aromatic N) is 1. The summed E-state index contributed by atoms with van der Waals surface area (Å²) in [6, 6.07) is 7.39. The monoisotopic (exact) mass is 338 g/mol. The molecule has 0 spiro atoms. The highest BCUT2D eigenvalue weighted by atomic mass is 35.5. The predicted octanol–water partition coefficient (Wildman–Crippen LogP) is 3.20. The highest BCUT2D eigenvalue weighted by Crippen LogP contribution is 2.24. The molecule has 1 aromatic rings. The molecule has 23 heavy (non-hydrogen) atoms. The van der Waals surface area contributed by atoms with Gasteiger partial charge in [0.1, 0.15) is 12.4 Å². The second-order valence-corrected chi connectivity index (χ2v) is 6.79. The average Bonchev–Trinajstić information content (AvgIpc) is 2.57. The molecule has 1 saturated heterocycles. The molecule has 128 valence electrons. The van der Waals surface area contributed by atoms with Crippen molar-refractivity contribution in [2.75, 3.05) is 33.3 Å². The lowest BCUT2D eigenvalue weighted by Gasteiger charge is -2.29. The van der Waals surface area contributed by atoms with Gasteiger partial charge in [0.05, 0.1) is 11.6 Å². The summed E-state index contributed by atoms with van der Waals surface area (Å²) in [6.45, 7) is 5.35. The van der Waals surface area contributed by atoms with Gasteiger partial charge in [0.2, 0.25) is 5.91 Å². The van der Waals surface area contributed by atoms with Crippen molar-refractivity contribution in [1.29, 1.82) is 0 Å². The summed E-state index contributed by atoms with van der Waals surface area (Å²) < 4.78 is 5.64. The summed E-state index contributed by atoms with van der Waals surface area (Å²) in [5.74, 6) is 1.88. The highest BCUT2D eigenvalue weighted by molar-refractivity contribution is 6.32. The molecule has 1 amide bonds. The number of carbonyl (C=O) groups is 1. The zero-order valence-corrected chi connectivity index (χ0v) is 14.8. The maximum absolute atomic E-state index is 12.3. The zero-order chi connectivity index (χ0) is 16.7. The van der Waals surface area contributed by atoms with Crippen molar-refractivity contribution in [3.8, 4) is 5.75 Å². The van der Waals surface area contributed by atoms with Gasteiger partial charge < -0.3 is 15.0 Å². The minimum atomic E-state index is 0.186. The minimum absolute atomic E-state index is 0.186. The molecule has 0 saturated carbocycles. The fourth-order valence-corrected chi connectivity index (χ4v) is 3.13. The van der Waals surface area contributed by atoms with E-state index in [0.29, 0.717) is 42.2 Å². The van der Waals surface area contributed by atoms with E-state index in [4.69, 9.17) is 16.3 Å². The number of benzene rings is 1. The fourth-order valence-electron chi connectivity index (χ4n) is 2.94. The van der Waals surface area contributed by atoms with Gasteiger partial charge in [-0.2, -0.15) is 0 Å². The third-order valence-electron chi connectivity index (χ3n) is 4.58. The quantitative estimate of drug-likeness (QED) is 0.830. The number of nitrogens with one attached hydrogen (secondary N) is 1. The second kappa shape index (κ2) is 9.14. The number of amides is 1. The maximum atomic E-state index is 12.3. The first kappa shape index (κ1) is 18.1. The Hall–Kier alpha value is -1.26. The zero-order valence-electron chi connectivity index (χ0n) is 14.1. The van der Waals surface area contributed by atoms with Gasteiger partial charge in [-0.3, -0.25) is 4.79 Å². The van der Waals surface area contributed by atoms with Crippen LogP contribution in [0.25, 0.3) is 0 Å². The molecule has 1 N–H and O–H groups in total. The SMILES string of the molecule is CC(CC(=O)N(C)CCOc1ccccc1Cl)C1CCCNC1. The minimum Gasteiger partial charge on any atom is -0.490 e. The molecule has 0 aromatic heterocycles. The number of carbonyl (C=O) groups excluding carboxylic acids is 1. The number of piperidine rings is 1. The molecule has 2 rings (SSSR count). The van der Waals surface area contributed by atoms with Gasteiger partial charge in [-0.15, -0.1) is 0 Å². The first-order valence-electron chi connectivity index (χ1n) is 8.40. The van der Waals surface area contributed by atoms with E-state index < -0.39 is 0 Å². The molecule has 1 fully saturated rings. The summed E-state index contributed by atoms with van der Waals surface area (Å²) in [5.41, 5.74) is 0. The number of likely N-dealkylation sites (N-methyl/N-ethyl adjacent to an activating group) is 1. The van der Waals surface area contributed by atoms with Crippen LogP contribution in [0, 0.1) is 11.8 Å². The van der Waals surface area contributed by atoms with E-state index in [1.165, 1.54) is 12.8 Å². The van der Waals surface area contributed by atoms with E-state index in [1.807, 2.05) is 25.2 Å². The summed E-state index contributed by atoms with van der Waals surface area (Å²) in [7, 11) is 1.84. The van der Waals surface area contributed by atoms with Crippen molar-refractivity contribution in [3.63, 3.8) is 0 Å². The van der Waals surface area contributed by atoms with Crippen molar-refractivity contribution in [3.05, 3.63) is 29.3 Å². The van der Waals surface area contributed by atoms with Crippen LogP contribution in [0.15, 0.2) is 24.3 Å². The Bertz CT molecular complexity index is 504. The molecule has 1 heterocycles. The summed E-state index contributed by atoms with van der Waals surface area (Å²) in [6.07, 6.45) is 3.04. The standard InChI is InChI=1S/C18H27ClN2O2/c1-14(15-6-5-9-20-13-15)12-18(22)21(2)10-11-23-17-8-4-3-7-16(17)19/h3-4,7-8,14-15,20H,5-6,9-13H2,1-2H3. The van der Waals surface area contributed by atoms with Crippen LogP contribution in [-0.4, -0.2) is 44.1 Å². The molecule has 2 atom stereocenters. The van der Waals surface area contributed by atoms with Gasteiger partial charge in [0.25, 0.3) is 0 Å². The smallest absolute Gasteiger partial charge is 0.222 e. The Morgan fingerprint density at radius 3 is 2.96 bits per heavy atom. The van der Waals surface area contributed by atoms with Gasteiger partial charge in [0.15, 0.2) is 0 Å². The lowest BCUT2D eigenvalue weighted by Crippen LogP contribution is -2.37. The average molecular weight is 339 g/mol. The Balaban J connectivity index is 1.71. The molecule has 0 radical (unpaired) electrons. The number of hydrogen-bond acceptors (Lipinski definition) is 3. The topological polar surface area (TPSA) is 41.6 Å². The fraction of sp³-hybridized carbons (Fsp3) is 0.611. The van der Waals surface area contributed by atoms with Crippen LogP contribution in [0.2, 0.25) is 5.02 Å². The molecule has 5 heteroatoms. The van der Waals surface area contributed by atoms with Crippen LogP contribution in [0.3, 0.4) is 0 Å². The van der Waals surface area contributed by atoms with E-state index in [-0.39, 0.29) is 5.91 Å². The third-order valence-corrected chi connectivity index (χ3v) is 4.90. The van der Waals surface area contributed by atoms with E-state index >= 15 is 0 Å². The van der Waals surface area contributed by atoms with Crippen LogP contribution in [-0.2, 0) is 4.79 Å². The lowest BCUT2D eigenvalue weighted by atomic mass is 9.85. The summed E-state index contributed by atoms with van der Waals surface area (Å²) in [4.78, 5) is 14.1. The Morgan fingerprint density at radius 1 is 1.48 bits per heavy atom. The normalized spacial score (nSPS) is 19.2. The van der Waals surface area contributed by atoms with E-state index in [1.54, 1.807) is 11.0 Å². The molecule has 0 aliphatic carbocycles. The number of rotatable bonds is 7. The molecule has 2 unspecified atom stereocenters. The van der Waals surface area contributed by atoms with E-state index in [0.717, 1.165) is 13.1 Å². The number of hydrogen-bond donors (Lipinski definition) is 1. The molecule has 4 nitrogen and oxygen atoms in total. The van der Waals surface area contributed by atoms with Gasteiger partial charge in [0, 0.05) is 13.5 Å². The Morgan fingerprint density at radius 2 is 2.26 bits per heavy atom. The van der Waals surface area contributed by atoms with Crippen LogP contribution < -0.4 is 10.1 Å². The van der Waals surface area contributed by atoms with Crippen molar-refractivity contribution in [2.45, 2.75) is 26.2 Å². The molecular weight excluding hydrogens is 312 g/mol. The van der Waals surface area contributed by atoms with Crippen molar-refractivity contribution in [1.82, 2.24) is 10.2 Å². The summed E-state index contributed by atoms with van der Waals surface area (Å²) >= 11 is 6.05. The number of halogens is 1. The first-order valence-corrected chi connectivity index (χ1v) is 8.77. The van der Waals surface area contributed by atoms with Gasteiger partial charge in [-0.05, 0) is 49.9 Å². The van der Waals surface area contributed by atoms with Crippen LogP contribution in [0.5, 0.6) is 5.75 Å². The van der Waals surface area contributed by atoms with Crippen molar-refractivity contribution in [2.24, 2.45) is 11.8 Å². The number of para-hydroxylation sites is 1. The van der Waals surface area contributed by atoms with Crippen LogP contribution in [0.4, 0.5) is 0 Å². The van der Waals surface area contributed by atoms with Crippen molar-refractivity contribution < 1.29 is 9.53 Å². The summed E-state index contributed by atoms with van der Waals surface area (Å²) in [5, 5.41) is 4.02. The molecule has 1 aromatic carbocycles. The number of ether oxygens (including phenoxy) is 1. The van der Waals surface area contributed by atoms with Crippen LogP contribution in [0.1, 0.15) is 26.2 Å². The Labute approximate surface area is 144 Å². The largest absolute Gasteiger partial charge is 0.490 e. The molecule has 1 aliphatic heterocycles. The second-order valence-electron chi connectivity index (χ2n) is 6.38. The van der Waals surface area contributed by atoms with Gasteiger partial charge in [-0.25, -0.2) is 0 Å².